The summed E-state index contributed by atoms with van der Waals surface area (Å²) in [5, 5.41) is 0. The maximum absolute atomic E-state index is 2.30. The Kier molecular flexibility index (Phi) is 8.18. The van der Waals surface area contributed by atoms with Crippen LogP contribution in [-0.4, -0.2) is 14.1 Å². The SMILES string of the molecule is CC(C)c1cccc(C(C)C)c1N(C)/C=C\N(C)c1c(C(C)C)cccc1C(C)C. The number of nitrogens with zero attached hydrogens (tertiary/aromatic N) is 2. The first-order valence-corrected chi connectivity index (χ1v) is 11.5. The van der Waals surface area contributed by atoms with E-state index in [2.05, 4.69) is 128 Å². The molecule has 0 aromatic heterocycles. The molecule has 0 radical (unpaired) electrons. The molecule has 2 aromatic carbocycles. The van der Waals surface area contributed by atoms with Crippen molar-refractivity contribution in [2.24, 2.45) is 0 Å². The minimum absolute atomic E-state index is 0.487. The normalized spacial score (nSPS) is 12.1. The summed E-state index contributed by atoms with van der Waals surface area (Å²) in [5.74, 6) is 1.95. The highest BCUT2D eigenvalue weighted by molar-refractivity contribution is 5.65. The quantitative estimate of drug-likeness (QED) is 0.435. The molecular weight excluding hydrogens is 364 g/mol. The Bertz CT molecular complexity index is 735. The molecule has 0 spiro atoms. The average molecular weight is 407 g/mol. The van der Waals surface area contributed by atoms with Gasteiger partial charge in [-0.05, 0) is 45.9 Å². The van der Waals surface area contributed by atoms with Gasteiger partial charge in [-0.3, -0.25) is 0 Å². The number of anilines is 2. The van der Waals surface area contributed by atoms with Crippen LogP contribution in [-0.2, 0) is 0 Å². The molecule has 0 bridgehead atoms. The van der Waals surface area contributed by atoms with Gasteiger partial charge in [0.2, 0.25) is 0 Å². The Hall–Kier alpha value is -2.22. The second-order valence-corrected chi connectivity index (χ2v) is 9.71. The second kappa shape index (κ2) is 10.2. The van der Waals surface area contributed by atoms with Crippen LogP contribution < -0.4 is 9.80 Å². The van der Waals surface area contributed by atoms with Gasteiger partial charge in [-0.15, -0.1) is 0 Å². The lowest BCUT2D eigenvalue weighted by Crippen LogP contribution is -2.19. The molecule has 0 atom stereocenters. The molecule has 2 heteroatoms. The van der Waals surface area contributed by atoms with Crippen LogP contribution >= 0.6 is 0 Å². The van der Waals surface area contributed by atoms with Gasteiger partial charge < -0.3 is 9.80 Å². The molecule has 164 valence electrons. The molecule has 0 saturated carbocycles. The largest absolute Gasteiger partial charge is 0.349 e. The Morgan fingerprint density at radius 1 is 0.500 bits per heavy atom. The van der Waals surface area contributed by atoms with Crippen molar-refractivity contribution in [3.8, 4) is 0 Å². The maximum atomic E-state index is 2.30. The average Bonchev–Trinajstić information content (AvgIpc) is 2.70. The van der Waals surface area contributed by atoms with Crippen molar-refractivity contribution in [3.63, 3.8) is 0 Å². The molecule has 0 unspecified atom stereocenters. The number of rotatable bonds is 8. The first-order valence-electron chi connectivity index (χ1n) is 11.5. The molecule has 0 aliphatic carbocycles. The van der Waals surface area contributed by atoms with E-state index in [1.165, 1.54) is 33.6 Å². The van der Waals surface area contributed by atoms with E-state index < -0.39 is 0 Å². The zero-order valence-electron chi connectivity index (χ0n) is 20.8. The van der Waals surface area contributed by atoms with Gasteiger partial charge in [-0.25, -0.2) is 0 Å². The van der Waals surface area contributed by atoms with Gasteiger partial charge in [0.1, 0.15) is 0 Å². The van der Waals surface area contributed by atoms with Crippen molar-refractivity contribution < 1.29 is 0 Å². The topological polar surface area (TPSA) is 6.48 Å². The summed E-state index contributed by atoms with van der Waals surface area (Å²) in [5.41, 5.74) is 8.30. The molecule has 0 N–H and O–H groups in total. The fourth-order valence-corrected chi connectivity index (χ4v) is 4.19. The minimum Gasteiger partial charge on any atom is -0.349 e. The van der Waals surface area contributed by atoms with Gasteiger partial charge in [0, 0.05) is 37.9 Å². The van der Waals surface area contributed by atoms with E-state index in [4.69, 9.17) is 0 Å². The summed E-state index contributed by atoms with van der Waals surface area (Å²) in [4.78, 5) is 4.60. The van der Waals surface area contributed by atoms with Crippen LogP contribution in [0.15, 0.2) is 48.8 Å². The summed E-state index contributed by atoms with van der Waals surface area (Å²) in [6.07, 6.45) is 4.43. The molecule has 0 aliphatic rings. The van der Waals surface area contributed by atoms with Crippen LogP contribution in [0.2, 0.25) is 0 Å². The van der Waals surface area contributed by atoms with Gasteiger partial charge in [-0.1, -0.05) is 91.8 Å². The molecule has 0 aliphatic heterocycles. The van der Waals surface area contributed by atoms with Crippen molar-refractivity contribution in [2.45, 2.75) is 79.1 Å². The third kappa shape index (κ3) is 5.28. The Morgan fingerprint density at radius 2 is 0.733 bits per heavy atom. The van der Waals surface area contributed by atoms with Gasteiger partial charge in [0.05, 0.1) is 0 Å². The molecule has 2 rings (SSSR count). The third-order valence-electron chi connectivity index (χ3n) is 5.90. The predicted octanol–water partition coefficient (Wildman–Crippen LogP) is 8.22. The van der Waals surface area contributed by atoms with E-state index in [0.29, 0.717) is 23.7 Å². The first-order chi connectivity index (χ1) is 14.1. The van der Waals surface area contributed by atoms with Gasteiger partial charge in [-0.2, -0.15) is 0 Å². The number of benzene rings is 2. The van der Waals surface area contributed by atoms with Crippen molar-refractivity contribution >= 4 is 11.4 Å². The van der Waals surface area contributed by atoms with Crippen LogP contribution in [0.4, 0.5) is 11.4 Å². The number of hydrogen-bond acceptors (Lipinski definition) is 2. The summed E-state index contributed by atoms with van der Waals surface area (Å²) in [7, 11) is 4.35. The van der Waals surface area contributed by atoms with Crippen LogP contribution in [0.5, 0.6) is 0 Å². The molecule has 2 aromatic rings. The van der Waals surface area contributed by atoms with E-state index in [9.17, 15) is 0 Å². The zero-order chi connectivity index (χ0) is 22.6. The maximum Gasteiger partial charge on any atom is 0.0474 e. The first kappa shape index (κ1) is 24.1. The molecule has 0 heterocycles. The van der Waals surface area contributed by atoms with Gasteiger partial charge in [0.25, 0.3) is 0 Å². The second-order valence-electron chi connectivity index (χ2n) is 9.71. The van der Waals surface area contributed by atoms with Crippen LogP contribution in [0, 0.1) is 0 Å². The molecule has 0 saturated heterocycles. The lowest BCUT2D eigenvalue weighted by atomic mass is 9.92. The lowest BCUT2D eigenvalue weighted by molar-refractivity contribution is 0.823. The molecule has 0 amide bonds. The Labute approximate surface area is 185 Å². The monoisotopic (exact) mass is 406 g/mol. The van der Waals surface area contributed by atoms with Gasteiger partial charge in [0.15, 0.2) is 0 Å². The predicted molar refractivity (Wildman–Crippen MR) is 135 cm³/mol. The lowest BCUT2D eigenvalue weighted by Gasteiger charge is -2.28. The van der Waals surface area contributed by atoms with Gasteiger partial charge >= 0.3 is 0 Å². The highest BCUT2D eigenvalue weighted by Gasteiger charge is 2.18. The van der Waals surface area contributed by atoms with Crippen molar-refractivity contribution in [1.29, 1.82) is 0 Å². The number of hydrogen-bond donors (Lipinski definition) is 0. The van der Waals surface area contributed by atoms with E-state index in [-0.39, 0.29) is 0 Å². The smallest absolute Gasteiger partial charge is 0.0474 e. The number of para-hydroxylation sites is 2. The fourth-order valence-electron chi connectivity index (χ4n) is 4.19. The van der Waals surface area contributed by atoms with Crippen LogP contribution in [0.3, 0.4) is 0 Å². The molecular formula is C28H42N2. The molecule has 30 heavy (non-hydrogen) atoms. The highest BCUT2D eigenvalue weighted by Crippen LogP contribution is 2.37. The van der Waals surface area contributed by atoms with Crippen molar-refractivity contribution in [3.05, 3.63) is 71.1 Å². The fraction of sp³-hybridized carbons (Fsp3) is 0.500. The summed E-state index contributed by atoms with van der Waals surface area (Å²) in [6, 6.07) is 13.5. The van der Waals surface area contributed by atoms with Crippen LogP contribution in [0.1, 0.15) is 101 Å². The minimum atomic E-state index is 0.487. The van der Waals surface area contributed by atoms with Crippen molar-refractivity contribution in [2.75, 3.05) is 23.9 Å². The standard InChI is InChI=1S/C28H42N2/c1-19(2)23-13-11-14-24(20(3)4)27(23)29(9)17-18-30(10)28-25(21(5)6)15-12-16-26(28)22(7)8/h11-22H,1-10H3/b18-17-. The molecule has 0 fully saturated rings. The van der Waals surface area contributed by atoms with Crippen molar-refractivity contribution in [1.82, 2.24) is 0 Å². The summed E-state index contributed by atoms with van der Waals surface area (Å²) in [6.45, 7) is 18.2. The van der Waals surface area contributed by atoms with Crippen LogP contribution in [0.25, 0.3) is 0 Å². The highest BCUT2D eigenvalue weighted by atomic mass is 15.1. The van der Waals surface area contributed by atoms with E-state index in [1.54, 1.807) is 0 Å². The third-order valence-corrected chi connectivity index (χ3v) is 5.90. The Morgan fingerprint density at radius 3 is 0.933 bits per heavy atom. The summed E-state index contributed by atoms with van der Waals surface area (Å²) >= 11 is 0. The van der Waals surface area contributed by atoms with E-state index >= 15 is 0 Å². The zero-order valence-corrected chi connectivity index (χ0v) is 20.8. The Balaban J connectivity index is 2.47. The summed E-state index contributed by atoms with van der Waals surface area (Å²) < 4.78 is 0. The van der Waals surface area contributed by atoms with E-state index in [1.807, 2.05) is 0 Å². The van der Waals surface area contributed by atoms with E-state index in [0.717, 1.165) is 0 Å². The molecule has 2 nitrogen and oxygen atoms in total.